The molecule has 0 aliphatic carbocycles. The Morgan fingerprint density at radius 2 is 1.92 bits per heavy atom. The Bertz CT molecular complexity index is 101. The van der Waals surface area contributed by atoms with Crippen LogP contribution in [0.2, 0.25) is 0 Å². The van der Waals surface area contributed by atoms with Crippen molar-refractivity contribution >= 4 is 11.6 Å². The average molecular weight is 194 g/mol. The van der Waals surface area contributed by atoms with Gasteiger partial charge in [-0.1, -0.05) is 0 Å². The summed E-state index contributed by atoms with van der Waals surface area (Å²) >= 11 is 5.52. The molecule has 0 saturated carbocycles. The lowest BCUT2D eigenvalue weighted by molar-refractivity contribution is -0.000721. The zero-order valence-corrected chi connectivity index (χ0v) is 9.08. The first kappa shape index (κ1) is 12.2. The van der Waals surface area contributed by atoms with Gasteiger partial charge in [-0.25, -0.2) is 0 Å². The molecule has 0 aromatic heterocycles. The van der Waals surface area contributed by atoms with Gasteiger partial charge in [-0.3, -0.25) is 0 Å². The minimum atomic E-state index is -0.0197. The van der Waals surface area contributed by atoms with Crippen molar-refractivity contribution < 1.29 is 4.74 Å². The van der Waals surface area contributed by atoms with E-state index in [2.05, 4.69) is 26.1 Å². The van der Waals surface area contributed by atoms with Crippen LogP contribution in [0.4, 0.5) is 0 Å². The lowest BCUT2D eigenvalue weighted by Crippen LogP contribution is -2.27. The van der Waals surface area contributed by atoms with Gasteiger partial charge in [0.15, 0.2) is 0 Å². The third-order valence-electron chi connectivity index (χ3n) is 1.30. The number of nitrogens with one attached hydrogen (secondary N) is 1. The van der Waals surface area contributed by atoms with Crippen LogP contribution >= 0.6 is 11.6 Å². The molecule has 0 aliphatic heterocycles. The van der Waals surface area contributed by atoms with Crippen molar-refractivity contribution in [3.8, 4) is 0 Å². The predicted octanol–water partition coefficient (Wildman–Crippen LogP) is 2.02. The minimum Gasteiger partial charge on any atom is -0.375 e. The Kier molecular flexibility index (Phi) is 6.81. The Morgan fingerprint density at radius 1 is 1.25 bits per heavy atom. The molecule has 2 nitrogen and oxygen atoms in total. The summed E-state index contributed by atoms with van der Waals surface area (Å²) in [5.74, 6) is 0.729. The molecule has 0 radical (unpaired) electrons. The Labute approximate surface area is 80.6 Å². The maximum atomic E-state index is 5.52. The second-order valence-electron chi connectivity index (χ2n) is 3.75. The van der Waals surface area contributed by atoms with Gasteiger partial charge in [-0.2, -0.15) is 0 Å². The molecule has 1 N–H and O–H groups in total. The standard InChI is InChI=1S/C9H20ClNO/c1-9(2,3)12-8-7-11-6-4-5-10/h11H,4-8H2,1-3H3. The maximum Gasteiger partial charge on any atom is 0.0599 e. The highest BCUT2D eigenvalue weighted by atomic mass is 35.5. The van der Waals surface area contributed by atoms with Crippen LogP contribution in [-0.2, 0) is 4.74 Å². The van der Waals surface area contributed by atoms with Crippen LogP contribution in [0.3, 0.4) is 0 Å². The zero-order valence-electron chi connectivity index (χ0n) is 8.32. The normalized spacial score (nSPS) is 12.0. The second-order valence-corrected chi connectivity index (χ2v) is 4.13. The maximum absolute atomic E-state index is 5.52. The van der Waals surface area contributed by atoms with E-state index in [1.165, 1.54) is 0 Å². The van der Waals surface area contributed by atoms with Crippen molar-refractivity contribution in [2.45, 2.75) is 32.8 Å². The van der Waals surface area contributed by atoms with Crippen LogP contribution in [0.1, 0.15) is 27.2 Å². The van der Waals surface area contributed by atoms with Crippen LogP contribution in [0.15, 0.2) is 0 Å². The molecule has 0 amide bonds. The largest absolute Gasteiger partial charge is 0.375 e. The monoisotopic (exact) mass is 193 g/mol. The molecule has 0 aliphatic rings. The number of hydrogen-bond acceptors (Lipinski definition) is 2. The Balaban J connectivity index is 3.01. The van der Waals surface area contributed by atoms with Crippen molar-refractivity contribution in [3.05, 3.63) is 0 Å². The lowest BCUT2D eigenvalue weighted by Gasteiger charge is -2.19. The Hall–Kier alpha value is 0.210. The summed E-state index contributed by atoms with van der Waals surface area (Å²) in [6, 6.07) is 0. The number of ether oxygens (including phenoxy) is 1. The van der Waals surface area contributed by atoms with Crippen molar-refractivity contribution in [2.75, 3.05) is 25.6 Å². The molecular weight excluding hydrogens is 174 g/mol. The van der Waals surface area contributed by atoms with Crippen molar-refractivity contribution in [2.24, 2.45) is 0 Å². The van der Waals surface area contributed by atoms with Crippen LogP contribution in [-0.4, -0.2) is 31.2 Å². The number of hydrogen-bond donors (Lipinski definition) is 1. The minimum absolute atomic E-state index is 0.0197. The summed E-state index contributed by atoms with van der Waals surface area (Å²) in [5.41, 5.74) is -0.0197. The Morgan fingerprint density at radius 3 is 2.42 bits per heavy atom. The molecule has 74 valence electrons. The summed E-state index contributed by atoms with van der Waals surface area (Å²) in [5, 5.41) is 3.25. The van der Waals surface area contributed by atoms with Crippen LogP contribution in [0.5, 0.6) is 0 Å². The van der Waals surface area contributed by atoms with Crippen molar-refractivity contribution in [1.29, 1.82) is 0 Å². The number of rotatable bonds is 6. The first-order valence-electron chi connectivity index (χ1n) is 4.47. The highest BCUT2D eigenvalue weighted by Gasteiger charge is 2.08. The van der Waals surface area contributed by atoms with Gasteiger partial charge in [0.05, 0.1) is 12.2 Å². The third-order valence-corrected chi connectivity index (χ3v) is 1.57. The highest BCUT2D eigenvalue weighted by Crippen LogP contribution is 2.04. The molecule has 12 heavy (non-hydrogen) atoms. The van der Waals surface area contributed by atoms with E-state index in [4.69, 9.17) is 16.3 Å². The van der Waals surface area contributed by atoms with Gasteiger partial charge >= 0.3 is 0 Å². The van der Waals surface area contributed by atoms with Crippen LogP contribution < -0.4 is 5.32 Å². The van der Waals surface area contributed by atoms with Gasteiger partial charge in [0.1, 0.15) is 0 Å². The highest BCUT2D eigenvalue weighted by molar-refractivity contribution is 6.17. The predicted molar refractivity (Wildman–Crippen MR) is 53.9 cm³/mol. The molecule has 0 rings (SSSR count). The number of halogens is 1. The quantitative estimate of drug-likeness (QED) is 0.515. The van der Waals surface area contributed by atoms with Gasteiger partial charge in [0.2, 0.25) is 0 Å². The van der Waals surface area contributed by atoms with Crippen molar-refractivity contribution in [1.82, 2.24) is 5.32 Å². The van der Waals surface area contributed by atoms with Gasteiger partial charge < -0.3 is 10.1 Å². The third kappa shape index (κ3) is 10.2. The summed E-state index contributed by atoms with van der Waals surface area (Å²) in [6.45, 7) is 8.85. The summed E-state index contributed by atoms with van der Waals surface area (Å²) in [6.07, 6.45) is 1.02. The van der Waals surface area contributed by atoms with Gasteiger partial charge in [-0.05, 0) is 33.7 Å². The topological polar surface area (TPSA) is 21.3 Å². The smallest absolute Gasteiger partial charge is 0.0599 e. The molecule has 0 saturated heterocycles. The molecule has 0 heterocycles. The SMILES string of the molecule is CC(C)(C)OCCNCCCCl. The zero-order chi connectivity index (χ0) is 9.45. The summed E-state index contributed by atoms with van der Waals surface area (Å²) in [7, 11) is 0. The molecule has 0 unspecified atom stereocenters. The fourth-order valence-electron chi connectivity index (χ4n) is 0.746. The molecular formula is C9H20ClNO. The van der Waals surface area contributed by atoms with E-state index in [9.17, 15) is 0 Å². The van der Waals surface area contributed by atoms with E-state index in [0.717, 1.165) is 32.0 Å². The van der Waals surface area contributed by atoms with Crippen LogP contribution in [0, 0.1) is 0 Å². The fraction of sp³-hybridized carbons (Fsp3) is 1.00. The van der Waals surface area contributed by atoms with E-state index >= 15 is 0 Å². The summed E-state index contributed by atoms with van der Waals surface area (Å²) in [4.78, 5) is 0. The van der Waals surface area contributed by atoms with Crippen molar-refractivity contribution in [3.63, 3.8) is 0 Å². The number of alkyl halides is 1. The second kappa shape index (κ2) is 6.70. The molecule has 0 spiro atoms. The van der Waals surface area contributed by atoms with E-state index in [1.807, 2.05) is 0 Å². The van der Waals surface area contributed by atoms with Gasteiger partial charge in [0, 0.05) is 12.4 Å². The van der Waals surface area contributed by atoms with Crippen LogP contribution in [0.25, 0.3) is 0 Å². The average Bonchev–Trinajstić information content (AvgIpc) is 1.94. The van der Waals surface area contributed by atoms with Gasteiger partial charge in [-0.15, -0.1) is 11.6 Å². The molecule has 0 aromatic rings. The molecule has 0 bridgehead atoms. The molecule has 3 heteroatoms. The first-order valence-corrected chi connectivity index (χ1v) is 5.00. The summed E-state index contributed by atoms with van der Waals surface area (Å²) < 4.78 is 5.51. The van der Waals surface area contributed by atoms with E-state index < -0.39 is 0 Å². The first-order chi connectivity index (χ1) is 5.56. The lowest BCUT2D eigenvalue weighted by atomic mass is 10.2. The van der Waals surface area contributed by atoms with E-state index in [-0.39, 0.29) is 5.60 Å². The molecule has 0 aromatic carbocycles. The van der Waals surface area contributed by atoms with Gasteiger partial charge in [0.25, 0.3) is 0 Å². The van der Waals surface area contributed by atoms with E-state index in [0.29, 0.717) is 0 Å². The molecule has 0 atom stereocenters. The molecule has 0 fully saturated rings. The van der Waals surface area contributed by atoms with E-state index in [1.54, 1.807) is 0 Å². The fourth-order valence-corrected chi connectivity index (χ4v) is 0.880.